The second-order valence-electron chi connectivity index (χ2n) is 3.33. The molecule has 4 nitrogen and oxygen atoms in total. The second-order valence-corrected chi connectivity index (χ2v) is 5.96. The summed E-state index contributed by atoms with van der Waals surface area (Å²) >= 11 is 0. The van der Waals surface area contributed by atoms with Gasteiger partial charge in [-0.2, -0.15) is 0 Å². The molecule has 0 aliphatic rings. The zero-order chi connectivity index (χ0) is 11.9. The molecule has 88 valence electrons. The van der Waals surface area contributed by atoms with E-state index in [-0.39, 0.29) is 5.73 Å². The number of carbonyl (C=O) groups excluding carboxylic acids is 1. The highest BCUT2D eigenvalue weighted by molar-refractivity contribution is 6.40. The molecule has 15 heavy (non-hydrogen) atoms. The highest BCUT2D eigenvalue weighted by Gasteiger charge is 2.31. The van der Waals surface area contributed by atoms with Crippen molar-refractivity contribution in [3.05, 3.63) is 12.7 Å². The van der Waals surface area contributed by atoms with Gasteiger partial charge in [-0.15, -0.1) is 0 Å². The van der Waals surface area contributed by atoms with Gasteiger partial charge in [-0.1, -0.05) is 13.5 Å². The standard InChI is InChI=1S/C10H20O4Si/c1-6-9(11)14-8(3)15-10(7-2,12-4)13-5/h6,8H,1,7,15H2,2-5H3. The first kappa shape index (κ1) is 14.3. The fourth-order valence-electron chi connectivity index (χ4n) is 1.41. The average Bonchev–Trinajstić information content (AvgIpc) is 2.26. The maximum Gasteiger partial charge on any atom is 0.330 e. The van der Waals surface area contributed by atoms with Crippen molar-refractivity contribution in [2.24, 2.45) is 0 Å². The van der Waals surface area contributed by atoms with E-state index in [1.54, 1.807) is 14.2 Å². The molecule has 0 saturated carbocycles. The number of rotatable bonds is 7. The van der Waals surface area contributed by atoms with Gasteiger partial charge in [-0.3, -0.25) is 0 Å². The van der Waals surface area contributed by atoms with E-state index >= 15 is 0 Å². The first-order valence-electron chi connectivity index (χ1n) is 4.97. The molecule has 0 amide bonds. The number of carbonyl (C=O) groups is 1. The van der Waals surface area contributed by atoms with Crippen molar-refractivity contribution in [1.82, 2.24) is 0 Å². The van der Waals surface area contributed by atoms with Crippen LogP contribution in [0.4, 0.5) is 0 Å². The number of hydrogen-bond donors (Lipinski definition) is 0. The predicted octanol–water partition coefficient (Wildman–Crippen LogP) is 0.587. The first-order chi connectivity index (χ1) is 7.03. The number of hydrogen-bond acceptors (Lipinski definition) is 4. The third-order valence-electron chi connectivity index (χ3n) is 2.37. The van der Waals surface area contributed by atoms with E-state index in [9.17, 15) is 4.79 Å². The summed E-state index contributed by atoms with van der Waals surface area (Å²) in [6.07, 6.45) is 1.92. The highest BCUT2D eigenvalue weighted by Crippen LogP contribution is 2.16. The normalized spacial score (nSPS) is 14.1. The summed E-state index contributed by atoms with van der Waals surface area (Å²) in [6.45, 7) is 7.19. The molecule has 1 unspecified atom stereocenters. The Labute approximate surface area is 93.4 Å². The largest absolute Gasteiger partial charge is 0.464 e. The van der Waals surface area contributed by atoms with Crippen LogP contribution in [0.2, 0.25) is 0 Å². The molecule has 0 aromatic heterocycles. The maximum atomic E-state index is 11.0. The van der Waals surface area contributed by atoms with Crippen LogP contribution in [0, 0.1) is 0 Å². The summed E-state index contributed by atoms with van der Waals surface area (Å²) in [5.41, 5.74) is -0.670. The lowest BCUT2D eigenvalue weighted by atomic mass is 10.5. The predicted molar refractivity (Wildman–Crippen MR) is 61.3 cm³/mol. The lowest BCUT2D eigenvalue weighted by Gasteiger charge is -2.31. The topological polar surface area (TPSA) is 44.8 Å². The first-order valence-corrected chi connectivity index (χ1v) is 6.49. The molecule has 0 aliphatic heterocycles. The van der Waals surface area contributed by atoms with Gasteiger partial charge in [0.1, 0.15) is 14.9 Å². The van der Waals surface area contributed by atoms with Crippen LogP contribution in [0.5, 0.6) is 0 Å². The van der Waals surface area contributed by atoms with Gasteiger partial charge in [0, 0.05) is 20.3 Å². The van der Waals surface area contributed by atoms with Crippen LogP contribution in [0.3, 0.4) is 0 Å². The zero-order valence-corrected chi connectivity index (χ0v) is 11.3. The molecule has 0 rings (SSSR count). The molecule has 0 spiro atoms. The highest BCUT2D eigenvalue weighted by atomic mass is 28.2. The third-order valence-corrected chi connectivity index (χ3v) is 4.81. The van der Waals surface area contributed by atoms with E-state index in [0.29, 0.717) is 0 Å². The van der Waals surface area contributed by atoms with E-state index in [0.717, 1.165) is 12.5 Å². The maximum absolute atomic E-state index is 11.0. The molecule has 0 heterocycles. The SMILES string of the molecule is C=CC(=O)OC(C)[SiH2]C(CC)(OC)OC. The Kier molecular flexibility index (Phi) is 6.47. The van der Waals surface area contributed by atoms with Crippen molar-refractivity contribution in [2.75, 3.05) is 14.2 Å². The van der Waals surface area contributed by atoms with Crippen molar-refractivity contribution in [3.63, 3.8) is 0 Å². The van der Waals surface area contributed by atoms with Gasteiger partial charge in [0.25, 0.3) is 0 Å². The van der Waals surface area contributed by atoms with Crippen molar-refractivity contribution < 1.29 is 19.0 Å². The third kappa shape index (κ3) is 4.59. The minimum Gasteiger partial charge on any atom is -0.464 e. The summed E-state index contributed by atoms with van der Waals surface area (Å²) in [7, 11) is 2.38. The van der Waals surface area contributed by atoms with E-state index in [4.69, 9.17) is 14.2 Å². The Hall–Kier alpha value is -0.653. The van der Waals surface area contributed by atoms with Crippen LogP contribution in [-0.2, 0) is 19.0 Å². The van der Waals surface area contributed by atoms with Crippen molar-refractivity contribution >= 4 is 15.5 Å². The summed E-state index contributed by atoms with van der Waals surface area (Å²) in [5.74, 6) is -0.396. The smallest absolute Gasteiger partial charge is 0.330 e. The lowest BCUT2D eigenvalue weighted by Crippen LogP contribution is -2.45. The van der Waals surface area contributed by atoms with Gasteiger partial charge >= 0.3 is 5.97 Å². The molecule has 0 saturated heterocycles. The fraction of sp³-hybridized carbons (Fsp3) is 0.700. The molecular formula is C10H20O4Si. The molecule has 0 radical (unpaired) electrons. The van der Waals surface area contributed by atoms with E-state index in [1.165, 1.54) is 0 Å². The zero-order valence-electron chi connectivity index (χ0n) is 9.91. The van der Waals surface area contributed by atoms with Crippen LogP contribution in [-0.4, -0.2) is 40.8 Å². The summed E-state index contributed by atoms with van der Waals surface area (Å²) in [4.78, 5) is 11.0. The van der Waals surface area contributed by atoms with Crippen molar-refractivity contribution in [1.29, 1.82) is 0 Å². The van der Waals surface area contributed by atoms with Gasteiger partial charge in [0.15, 0.2) is 0 Å². The lowest BCUT2D eigenvalue weighted by molar-refractivity contribution is -0.152. The molecule has 0 fully saturated rings. The van der Waals surface area contributed by atoms with E-state index < -0.39 is 20.9 Å². The van der Waals surface area contributed by atoms with Crippen molar-refractivity contribution in [2.45, 2.75) is 31.4 Å². The molecular weight excluding hydrogens is 212 g/mol. The average molecular weight is 232 g/mol. The van der Waals surface area contributed by atoms with Gasteiger partial charge < -0.3 is 14.2 Å². The van der Waals surface area contributed by atoms with E-state index in [2.05, 4.69) is 6.58 Å². The van der Waals surface area contributed by atoms with Crippen LogP contribution >= 0.6 is 0 Å². The van der Waals surface area contributed by atoms with Crippen LogP contribution in [0.15, 0.2) is 12.7 Å². The molecule has 0 aromatic carbocycles. The Morgan fingerprint density at radius 1 is 1.53 bits per heavy atom. The number of esters is 1. The second kappa shape index (κ2) is 6.76. The molecule has 5 heteroatoms. The van der Waals surface area contributed by atoms with Crippen molar-refractivity contribution in [3.8, 4) is 0 Å². The quantitative estimate of drug-likeness (QED) is 0.279. The minimum absolute atomic E-state index is 0.129. The van der Waals surface area contributed by atoms with Gasteiger partial charge in [-0.25, -0.2) is 4.79 Å². The Morgan fingerprint density at radius 3 is 2.40 bits per heavy atom. The molecule has 0 aromatic rings. The monoisotopic (exact) mass is 232 g/mol. The minimum atomic E-state index is -0.845. The Balaban J connectivity index is 4.28. The van der Waals surface area contributed by atoms with Gasteiger partial charge in [0.2, 0.25) is 0 Å². The molecule has 0 N–H and O–H groups in total. The Bertz CT molecular complexity index is 205. The Morgan fingerprint density at radius 2 is 2.07 bits per heavy atom. The molecule has 1 atom stereocenters. The van der Waals surface area contributed by atoms with Crippen LogP contribution in [0.25, 0.3) is 0 Å². The fourth-order valence-corrected chi connectivity index (χ4v) is 3.15. The van der Waals surface area contributed by atoms with Crippen LogP contribution < -0.4 is 0 Å². The summed E-state index contributed by atoms with van der Waals surface area (Å²) < 4.78 is 15.8. The number of ether oxygens (including phenoxy) is 3. The van der Waals surface area contributed by atoms with E-state index in [1.807, 2.05) is 13.8 Å². The van der Waals surface area contributed by atoms with Gasteiger partial charge in [0.05, 0.1) is 5.73 Å². The summed E-state index contributed by atoms with van der Waals surface area (Å²) in [5, 5.41) is 0. The van der Waals surface area contributed by atoms with Crippen LogP contribution in [0.1, 0.15) is 20.3 Å². The molecule has 0 bridgehead atoms. The summed E-state index contributed by atoms with van der Waals surface area (Å²) in [6, 6.07) is 0. The number of methoxy groups -OCH3 is 2. The van der Waals surface area contributed by atoms with Gasteiger partial charge in [-0.05, 0) is 13.3 Å². The molecule has 0 aliphatic carbocycles.